The number of halogens is 6. The first-order chi connectivity index (χ1) is 8.12. The summed E-state index contributed by atoms with van der Waals surface area (Å²) >= 11 is 5.33. The van der Waals surface area contributed by atoms with Crippen molar-refractivity contribution in [2.75, 3.05) is 0 Å². The average Bonchev–Trinajstić information content (AvgIpc) is 2.13. The summed E-state index contributed by atoms with van der Waals surface area (Å²) in [4.78, 5) is 13.1. The molecular weight excluding hydrogens is 285 g/mol. The second-order valence-electron chi connectivity index (χ2n) is 3.23. The van der Waals surface area contributed by atoms with Crippen molar-refractivity contribution in [3.8, 4) is 0 Å². The number of hydrogen-bond acceptors (Lipinski definition) is 2. The van der Waals surface area contributed by atoms with E-state index in [9.17, 15) is 26.7 Å². The lowest BCUT2D eigenvalue weighted by molar-refractivity contribution is -0.142. The Kier molecular flexibility index (Phi) is 4.10. The van der Waals surface area contributed by atoms with Gasteiger partial charge in [0.25, 0.3) is 6.43 Å². The summed E-state index contributed by atoms with van der Waals surface area (Å²) in [5.74, 6) is -1.55. The molecule has 1 aromatic rings. The third-order valence-corrected chi connectivity index (χ3v) is 2.20. The minimum Gasteiger partial charge on any atom is -0.481 e. The smallest absolute Gasteiger partial charge is 0.433 e. The number of hydrogen-bond donors (Lipinski definition) is 1. The van der Waals surface area contributed by atoms with Crippen LogP contribution in [0, 0.1) is 0 Å². The van der Waals surface area contributed by atoms with E-state index in [0.717, 1.165) is 0 Å². The molecule has 0 aliphatic rings. The van der Waals surface area contributed by atoms with Gasteiger partial charge in [-0.05, 0) is 11.6 Å². The lowest BCUT2D eigenvalue weighted by Gasteiger charge is -2.13. The molecule has 0 aromatic carbocycles. The summed E-state index contributed by atoms with van der Waals surface area (Å²) in [6, 6.07) is 0.549. The van der Waals surface area contributed by atoms with Gasteiger partial charge in [0.05, 0.1) is 11.4 Å². The number of carboxylic acids is 1. The van der Waals surface area contributed by atoms with Crippen LogP contribution in [0.1, 0.15) is 23.4 Å². The van der Waals surface area contributed by atoms with Crippen LogP contribution < -0.4 is 0 Å². The number of pyridine rings is 1. The van der Waals surface area contributed by atoms with E-state index in [1.807, 2.05) is 0 Å². The summed E-state index contributed by atoms with van der Waals surface area (Å²) < 4.78 is 62.3. The number of alkyl halides is 5. The fourth-order valence-electron chi connectivity index (χ4n) is 1.24. The monoisotopic (exact) mass is 289 g/mol. The Labute approximate surface area is 102 Å². The number of carboxylic acid groups (broad SMARTS) is 1. The minimum absolute atomic E-state index is 0.549. The quantitative estimate of drug-likeness (QED) is 0.869. The van der Waals surface area contributed by atoms with Crippen LogP contribution in [0.25, 0.3) is 0 Å². The molecule has 0 saturated heterocycles. The highest BCUT2D eigenvalue weighted by atomic mass is 35.5. The van der Waals surface area contributed by atoms with E-state index in [1.165, 1.54) is 0 Å². The molecule has 100 valence electrons. The molecule has 3 nitrogen and oxygen atoms in total. The highest BCUT2D eigenvalue weighted by molar-refractivity contribution is 6.31. The van der Waals surface area contributed by atoms with Gasteiger partial charge >= 0.3 is 12.1 Å². The van der Waals surface area contributed by atoms with Gasteiger partial charge in [-0.25, -0.2) is 13.8 Å². The fourth-order valence-corrected chi connectivity index (χ4v) is 1.49. The van der Waals surface area contributed by atoms with Crippen molar-refractivity contribution in [1.82, 2.24) is 4.98 Å². The average molecular weight is 290 g/mol. The van der Waals surface area contributed by atoms with Gasteiger partial charge < -0.3 is 5.11 Å². The van der Waals surface area contributed by atoms with E-state index < -0.39 is 47.0 Å². The van der Waals surface area contributed by atoms with Gasteiger partial charge in [-0.3, -0.25) is 4.79 Å². The molecule has 0 unspecified atom stereocenters. The Morgan fingerprint density at radius 2 is 2.00 bits per heavy atom. The van der Waals surface area contributed by atoms with Crippen molar-refractivity contribution in [1.29, 1.82) is 0 Å². The number of carbonyl (C=O) groups is 1. The van der Waals surface area contributed by atoms with Crippen molar-refractivity contribution < 1.29 is 31.9 Å². The van der Waals surface area contributed by atoms with Gasteiger partial charge in [0.1, 0.15) is 11.4 Å². The maximum Gasteiger partial charge on any atom is 0.433 e. The largest absolute Gasteiger partial charge is 0.481 e. The molecule has 1 N–H and O–H groups in total. The van der Waals surface area contributed by atoms with Gasteiger partial charge in [-0.1, -0.05) is 11.6 Å². The number of nitrogens with zero attached hydrogens (tertiary/aromatic N) is 1. The van der Waals surface area contributed by atoms with Crippen molar-refractivity contribution in [2.24, 2.45) is 0 Å². The van der Waals surface area contributed by atoms with Crippen LogP contribution in [0.2, 0.25) is 5.02 Å². The summed E-state index contributed by atoms with van der Waals surface area (Å²) in [5, 5.41) is 7.74. The Morgan fingerprint density at radius 1 is 1.44 bits per heavy atom. The molecule has 0 radical (unpaired) electrons. The predicted octanol–water partition coefficient (Wildman–Crippen LogP) is 3.32. The predicted molar refractivity (Wildman–Crippen MR) is 50.5 cm³/mol. The van der Waals surface area contributed by atoms with E-state index in [0.29, 0.717) is 6.07 Å². The first kappa shape index (κ1) is 14.6. The van der Waals surface area contributed by atoms with Crippen LogP contribution in [0.4, 0.5) is 22.0 Å². The van der Waals surface area contributed by atoms with Crippen LogP contribution in [0.15, 0.2) is 6.07 Å². The molecule has 9 heteroatoms. The van der Waals surface area contributed by atoms with E-state index in [-0.39, 0.29) is 0 Å². The van der Waals surface area contributed by atoms with Gasteiger partial charge in [0.15, 0.2) is 0 Å². The fraction of sp³-hybridized carbons (Fsp3) is 0.333. The van der Waals surface area contributed by atoms with Crippen LogP contribution in [-0.4, -0.2) is 16.1 Å². The van der Waals surface area contributed by atoms with E-state index in [4.69, 9.17) is 16.7 Å². The maximum atomic E-state index is 12.5. The molecule has 0 aliphatic heterocycles. The van der Waals surface area contributed by atoms with Crippen LogP contribution in [-0.2, 0) is 17.4 Å². The molecule has 18 heavy (non-hydrogen) atoms. The summed E-state index contributed by atoms with van der Waals surface area (Å²) in [7, 11) is 0. The van der Waals surface area contributed by atoms with E-state index in [2.05, 4.69) is 4.98 Å². The summed E-state index contributed by atoms with van der Waals surface area (Å²) in [6.45, 7) is 0. The van der Waals surface area contributed by atoms with Crippen molar-refractivity contribution in [3.05, 3.63) is 28.0 Å². The second kappa shape index (κ2) is 5.05. The van der Waals surface area contributed by atoms with Gasteiger partial charge in [0, 0.05) is 0 Å². The SMILES string of the molecule is O=C(O)Cc1cc(Cl)c(C(F)F)nc1C(F)(F)F. The zero-order chi connectivity index (χ0) is 14.1. The van der Waals surface area contributed by atoms with E-state index in [1.54, 1.807) is 0 Å². The standard InChI is InChI=1S/C9H5ClF5NO2/c10-4-1-3(2-5(17)18)7(9(13,14)15)16-6(4)8(11)12/h1,8H,2H2,(H,17,18). The molecule has 0 spiro atoms. The number of aromatic nitrogens is 1. The third-order valence-electron chi connectivity index (χ3n) is 1.90. The van der Waals surface area contributed by atoms with Gasteiger partial charge in [0.2, 0.25) is 0 Å². The van der Waals surface area contributed by atoms with Crippen molar-refractivity contribution >= 4 is 17.6 Å². The zero-order valence-corrected chi connectivity index (χ0v) is 9.19. The van der Waals surface area contributed by atoms with Crippen molar-refractivity contribution in [2.45, 2.75) is 19.0 Å². The molecule has 0 bridgehead atoms. The molecule has 0 saturated carbocycles. The molecule has 0 amide bonds. The normalized spacial score (nSPS) is 11.9. The Balaban J connectivity index is 3.42. The molecule has 0 atom stereocenters. The molecule has 0 aliphatic carbocycles. The lowest BCUT2D eigenvalue weighted by atomic mass is 10.1. The summed E-state index contributed by atoms with van der Waals surface area (Å²) in [6.07, 6.45) is -9.32. The Hall–Kier alpha value is -1.44. The maximum absolute atomic E-state index is 12.5. The Bertz CT molecular complexity index is 475. The first-order valence-electron chi connectivity index (χ1n) is 4.39. The molecule has 1 aromatic heterocycles. The minimum atomic E-state index is -5.03. The number of rotatable bonds is 3. The molecular formula is C9H5ClF5NO2. The second-order valence-corrected chi connectivity index (χ2v) is 3.64. The number of aliphatic carboxylic acids is 1. The molecule has 0 fully saturated rings. The lowest BCUT2D eigenvalue weighted by Crippen LogP contribution is -2.16. The van der Waals surface area contributed by atoms with Gasteiger partial charge in [-0.2, -0.15) is 13.2 Å². The zero-order valence-electron chi connectivity index (χ0n) is 8.43. The van der Waals surface area contributed by atoms with Crippen LogP contribution in [0.3, 0.4) is 0 Å². The van der Waals surface area contributed by atoms with Crippen LogP contribution >= 0.6 is 11.6 Å². The Morgan fingerprint density at radius 3 is 2.39 bits per heavy atom. The van der Waals surface area contributed by atoms with E-state index >= 15 is 0 Å². The third kappa shape index (κ3) is 3.28. The van der Waals surface area contributed by atoms with Gasteiger partial charge in [-0.15, -0.1) is 0 Å². The van der Waals surface area contributed by atoms with Crippen LogP contribution in [0.5, 0.6) is 0 Å². The summed E-state index contributed by atoms with van der Waals surface area (Å²) in [5.41, 5.74) is -3.65. The first-order valence-corrected chi connectivity index (χ1v) is 4.77. The molecule has 1 heterocycles. The topological polar surface area (TPSA) is 50.2 Å². The highest BCUT2D eigenvalue weighted by Gasteiger charge is 2.37. The highest BCUT2D eigenvalue weighted by Crippen LogP contribution is 2.35. The molecule has 1 rings (SSSR count). The van der Waals surface area contributed by atoms with Crippen molar-refractivity contribution in [3.63, 3.8) is 0 Å².